The summed E-state index contributed by atoms with van der Waals surface area (Å²) in [5.41, 5.74) is -0.698. The Balaban J connectivity index is 2.05. The highest BCUT2D eigenvalue weighted by atomic mass is 32.1. The number of thiazole rings is 1. The third-order valence-corrected chi connectivity index (χ3v) is 4.98. The van der Waals surface area contributed by atoms with E-state index in [9.17, 15) is 14.7 Å². The number of rotatable bonds is 4. The Morgan fingerprint density at radius 2 is 2.23 bits per heavy atom. The van der Waals surface area contributed by atoms with Crippen LogP contribution in [0.1, 0.15) is 60.8 Å². The van der Waals surface area contributed by atoms with Crippen LogP contribution in [0.2, 0.25) is 0 Å². The van der Waals surface area contributed by atoms with Gasteiger partial charge in [-0.05, 0) is 40.5 Å². The third kappa shape index (κ3) is 3.64. The molecule has 0 aromatic carbocycles. The van der Waals surface area contributed by atoms with Gasteiger partial charge in [-0.25, -0.2) is 4.98 Å². The van der Waals surface area contributed by atoms with E-state index in [2.05, 4.69) is 10.3 Å². The van der Waals surface area contributed by atoms with Gasteiger partial charge in [-0.3, -0.25) is 9.59 Å². The third-order valence-electron chi connectivity index (χ3n) is 4.14. The normalized spacial score (nSPS) is 20.0. The fourth-order valence-electron chi connectivity index (χ4n) is 2.29. The molecule has 7 heteroatoms. The van der Waals surface area contributed by atoms with Crippen molar-refractivity contribution in [2.45, 2.75) is 58.2 Å². The number of aliphatic hydroxyl groups is 1. The number of likely N-dealkylation sites (tertiary alicyclic amines) is 1. The van der Waals surface area contributed by atoms with Crippen LogP contribution in [-0.2, 0) is 0 Å². The first-order valence-corrected chi connectivity index (χ1v) is 8.38. The van der Waals surface area contributed by atoms with Gasteiger partial charge in [0.05, 0.1) is 11.6 Å². The van der Waals surface area contributed by atoms with Crippen molar-refractivity contribution in [3.8, 4) is 0 Å². The first-order chi connectivity index (χ1) is 10.2. The van der Waals surface area contributed by atoms with Crippen molar-refractivity contribution >= 4 is 23.2 Å². The second-order valence-electron chi connectivity index (χ2n) is 6.38. The van der Waals surface area contributed by atoms with Crippen molar-refractivity contribution in [1.82, 2.24) is 15.2 Å². The van der Waals surface area contributed by atoms with Gasteiger partial charge in [0.15, 0.2) is 5.01 Å². The first-order valence-electron chi connectivity index (χ1n) is 7.50. The second kappa shape index (κ2) is 6.34. The molecule has 2 atom stereocenters. The molecular weight excluding hydrogens is 302 g/mol. The molecule has 0 unspecified atom stereocenters. The van der Waals surface area contributed by atoms with Crippen LogP contribution in [-0.4, -0.2) is 51.0 Å². The highest BCUT2D eigenvalue weighted by Gasteiger charge is 2.29. The minimum atomic E-state index is -1.02. The van der Waals surface area contributed by atoms with E-state index < -0.39 is 11.6 Å². The van der Waals surface area contributed by atoms with Gasteiger partial charge in [-0.2, -0.15) is 0 Å². The van der Waals surface area contributed by atoms with Crippen LogP contribution in [0.25, 0.3) is 0 Å². The van der Waals surface area contributed by atoms with Crippen molar-refractivity contribution in [3.05, 3.63) is 16.1 Å². The van der Waals surface area contributed by atoms with Crippen molar-refractivity contribution in [2.24, 2.45) is 0 Å². The molecule has 2 heterocycles. The van der Waals surface area contributed by atoms with Gasteiger partial charge in [0.1, 0.15) is 5.69 Å². The lowest BCUT2D eigenvalue weighted by molar-refractivity contribution is 0.0408. The Bertz CT molecular complexity index is 565. The molecule has 122 valence electrons. The highest BCUT2D eigenvalue weighted by Crippen LogP contribution is 2.20. The van der Waals surface area contributed by atoms with Crippen LogP contribution in [0, 0.1) is 0 Å². The zero-order valence-electron chi connectivity index (χ0n) is 13.4. The lowest BCUT2D eigenvalue weighted by atomic mass is 10.0. The van der Waals surface area contributed by atoms with E-state index in [4.69, 9.17) is 0 Å². The first kappa shape index (κ1) is 16.9. The standard InChI is InChI=1S/C15H23N3O3S/c1-9-6-5-7-18(9)14(20)11-8-22-13(17-11)12(19)16-10(2)15(3,4)21/h8-10,21H,5-7H2,1-4H3,(H,16,19)/t9-,10+/m0/s1. The van der Waals surface area contributed by atoms with Gasteiger partial charge >= 0.3 is 0 Å². The Kier molecular flexibility index (Phi) is 4.87. The summed E-state index contributed by atoms with van der Waals surface area (Å²) >= 11 is 1.15. The minimum absolute atomic E-state index is 0.115. The largest absolute Gasteiger partial charge is 0.388 e. The number of hydrogen-bond donors (Lipinski definition) is 2. The maximum absolute atomic E-state index is 12.4. The van der Waals surface area contributed by atoms with E-state index in [1.807, 2.05) is 6.92 Å². The van der Waals surface area contributed by atoms with E-state index in [1.165, 1.54) is 0 Å². The summed E-state index contributed by atoms with van der Waals surface area (Å²) in [5, 5.41) is 14.4. The smallest absolute Gasteiger partial charge is 0.280 e. The van der Waals surface area contributed by atoms with Gasteiger partial charge in [0.25, 0.3) is 11.8 Å². The topological polar surface area (TPSA) is 82.5 Å². The van der Waals surface area contributed by atoms with Crippen LogP contribution >= 0.6 is 11.3 Å². The number of nitrogens with zero attached hydrogens (tertiary/aromatic N) is 2. The Morgan fingerprint density at radius 1 is 1.55 bits per heavy atom. The van der Waals surface area contributed by atoms with Gasteiger partial charge in [0, 0.05) is 18.0 Å². The van der Waals surface area contributed by atoms with Crippen molar-refractivity contribution in [3.63, 3.8) is 0 Å². The van der Waals surface area contributed by atoms with E-state index in [1.54, 1.807) is 31.1 Å². The highest BCUT2D eigenvalue weighted by molar-refractivity contribution is 7.11. The SMILES string of the molecule is C[C@H]1CCCN1C(=O)c1csc(C(=O)N[C@H](C)C(C)(C)O)n1. The molecule has 1 aliphatic heterocycles. The van der Waals surface area contributed by atoms with Crippen LogP contribution in [0.3, 0.4) is 0 Å². The molecule has 22 heavy (non-hydrogen) atoms. The molecule has 2 amide bonds. The summed E-state index contributed by atoms with van der Waals surface area (Å²) in [7, 11) is 0. The van der Waals surface area contributed by atoms with E-state index in [0.717, 1.165) is 30.7 Å². The number of carbonyl (C=O) groups excluding carboxylic acids is 2. The molecule has 2 rings (SSSR count). The van der Waals surface area contributed by atoms with Crippen molar-refractivity contribution < 1.29 is 14.7 Å². The molecule has 0 spiro atoms. The van der Waals surface area contributed by atoms with E-state index in [0.29, 0.717) is 5.69 Å². The molecule has 1 saturated heterocycles. The van der Waals surface area contributed by atoms with Crippen molar-refractivity contribution in [2.75, 3.05) is 6.54 Å². The fraction of sp³-hybridized carbons (Fsp3) is 0.667. The molecule has 1 aliphatic rings. The summed E-state index contributed by atoms with van der Waals surface area (Å²) in [4.78, 5) is 30.5. The molecule has 0 radical (unpaired) electrons. The van der Waals surface area contributed by atoms with Gasteiger partial charge < -0.3 is 15.3 Å². The lowest BCUT2D eigenvalue weighted by Gasteiger charge is -2.26. The summed E-state index contributed by atoms with van der Waals surface area (Å²) in [5.74, 6) is -0.482. The molecule has 0 bridgehead atoms. The Hall–Kier alpha value is -1.47. The average molecular weight is 325 g/mol. The minimum Gasteiger partial charge on any atom is -0.388 e. The van der Waals surface area contributed by atoms with Gasteiger partial charge in [-0.15, -0.1) is 11.3 Å². The number of carbonyl (C=O) groups is 2. The molecule has 6 nitrogen and oxygen atoms in total. The quantitative estimate of drug-likeness (QED) is 0.882. The predicted octanol–water partition coefficient (Wildman–Crippen LogP) is 1.66. The predicted molar refractivity (Wildman–Crippen MR) is 85.1 cm³/mol. The van der Waals surface area contributed by atoms with E-state index >= 15 is 0 Å². The average Bonchev–Trinajstić information content (AvgIpc) is 3.05. The maximum atomic E-state index is 12.4. The zero-order valence-corrected chi connectivity index (χ0v) is 14.2. The van der Waals surface area contributed by atoms with Crippen molar-refractivity contribution in [1.29, 1.82) is 0 Å². The summed E-state index contributed by atoms with van der Waals surface area (Å²) in [6.07, 6.45) is 2.01. The van der Waals surface area contributed by atoms with Crippen LogP contribution in [0.15, 0.2) is 5.38 Å². The molecular formula is C15H23N3O3S. The molecule has 0 saturated carbocycles. The number of nitrogens with one attached hydrogen (secondary N) is 1. The van der Waals surface area contributed by atoms with Gasteiger partial charge in [-0.1, -0.05) is 0 Å². The Morgan fingerprint density at radius 3 is 2.77 bits per heavy atom. The van der Waals surface area contributed by atoms with E-state index in [-0.39, 0.29) is 22.9 Å². The number of aromatic nitrogens is 1. The second-order valence-corrected chi connectivity index (χ2v) is 7.23. The van der Waals surface area contributed by atoms with Crippen LogP contribution < -0.4 is 5.32 Å². The maximum Gasteiger partial charge on any atom is 0.280 e. The molecule has 1 aromatic heterocycles. The number of hydrogen-bond acceptors (Lipinski definition) is 5. The Labute approximate surface area is 134 Å². The molecule has 1 aromatic rings. The monoisotopic (exact) mass is 325 g/mol. The van der Waals surface area contributed by atoms with Gasteiger partial charge in [0.2, 0.25) is 0 Å². The molecule has 1 fully saturated rings. The molecule has 0 aliphatic carbocycles. The summed E-state index contributed by atoms with van der Waals surface area (Å²) in [6.45, 7) is 7.75. The van der Waals surface area contributed by atoms with Crippen LogP contribution in [0.4, 0.5) is 0 Å². The lowest BCUT2D eigenvalue weighted by Crippen LogP contribution is -2.47. The molecule has 2 N–H and O–H groups in total. The fourth-order valence-corrected chi connectivity index (χ4v) is 2.99. The number of amides is 2. The van der Waals surface area contributed by atoms with Crippen LogP contribution in [0.5, 0.6) is 0 Å². The zero-order chi connectivity index (χ0) is 16.5. The summed E-state index contributed by atoms with van der Waals surface area (Å²) in [6, 6.07) is -0.191. The summed E-state index contributed by atoms with van der Waals surface area (Å²) < 4.78 is 0.